The average Bonchev–Trinajstić information content (AvgIpc) is 2.68. The SMILES string of the molecule is O=C(CC1CC2CCC(C1)N2)N1CCCCCCC1. The first-order valence-corrected chi connectivity index (χ1v) is 8.35. The van der Waals surface area contributed by atoms with Crippen molar-refractivity contribution in [3.05, 3.63) is 0 Å². The molecule has 1 amide bonds. The zero-order valence-electron chi connectivity index (χ0n) is 12.1. The Bertz CT molecular complexity index is 298. The van der Waals surface area contributed by atoms with E-state index in [-0.39, 0.29) is 0 Å². The Balaban J connectivity index is 1.49. The molecule has 1 N–H and O–H groups in total. The van der Waals surface area contributed by atoms with E-state index in [1.807, 2.05) is 0 Å². The van der Waals surface area contributed by atoms with Crippen molar-refractivity contribution in [3.8, 4) is 0 Å². The standard InChI is InChI=1S/C16H28N2O/c19-16(18-8-4-2-1-3-5-9-18)12-13-10-14-6-7-15(11-13)17-14/h13-15,17H,1-12H2. The Hall–Kier alpha value is -0.570. The first kappa shape index (κ1) is 13.4. The summed E-state index contributed by atoms with van der Waals surface area (Å²) < 4.78 is 0. The van der Waals surface area contributed by atoms with Crippen LogP contribution in [-0.2, 0) is 4.79 Å². The van der Waals surface area contributed by atoms with Gasteiger partial charge in [-0.2, -0.15) is 0 Å². The van der Waals surface area contributed by atoms with Crippen LogP contribution in [0.1, 0.15) is 64.2 Å². The normalized spacial score (nSPS) is 35.8. The third-order valence-electron chi connectivity index (χ3n) is 5.24. The van der Waals surface area contributed by atoms with E-state index in [4.69, 9.17) is 0 Å². The van der Waals surface area contributed by atoms with Crippen LogP contribution in [0.25, 0.3) is 0 Å². The van der Waals surface area contributed by atoms with E-state index in [9.17, 15) is 4.79 Å². The van der Waals surface area contributed by atoms with Gasteiger partial charge in [0, 0.05) is 31.6 Å². The van der Waals surface area contributed by atoms with Crippen LogP contribution < -0.4 is 5.32 Å². The fourth-order valence-corrected chi connectivity index (χ4v) is 4.21. The molecule has 0 aromatic carbocycles. The topological polar surface area (TPSA) is 32.3 Å². The number of rotatable bonds is 2. The van der Waals surface area contributed by atoms with Gasteiger partial charge in [-0.3, -0.25) is 4.79 Å². The summed E-state index contributed by atoms with van der Waals surface area (Å²) in [4.78, 5) is 14.6. The number of nitrogens with zero attached hydrogens (tertiary/aromatic N) is 1. The van der Waals surface area contributed by atoms with Crippen LogP contribution in [0.3, 0.4) is 0 Å². The van der Waals surface area contributed by atoms with Gasteiger partial charge in [0.25, 0.3) is 0 Å². The number of piperidine rings is 1. The highest BCUT2D eigenvalue weighted by molar-refractivity contribution is 5.76. The molecule has 0 radical (unpaired) electrons. The molecule has 0 spiro atoms. The molecular formula is C16H28N2O. The van der Waals surface area contributed by atoms with Gasteiger partial charge >= 0.3 is 0 Å². The van der Waals surface area contributed by atoms with Gasteiger partial charge in [-0.15, -0.1) is 0 Å². The molecule has 3 aliphatic heterocycles. The highest BCUT2D eigenvalue weighted by Gasteiger charge is 2.34. The molecule has 2 atom stereocenters. The highest BCUT2D eigenvalue weighted by Crippen LogP contribution is 2.33. The molecule has 3 nitrogen and oxygen atoms in total. The predicted octanol–water partition coefficient (Wildman–Crippen LogP) is 2.70. The van der Waals surface area contributed by atoms with Crippen LogP contribution in [0, 0.1) is 5.92 Å². The Morgan fingerprint density at radius 1 is 0.947 bits per heavy atom. The molecule has 0 saturated carbocycles. The van der Waals surface area contributed by atoms with Crippen LogP contribution in [0.4, 0.5) is 0 Å². The maximum atomic E-state index is 12.5. The molecule has 3 heterocycles. The van der Waals surface area contributed by atoms with Crippen LogP contribution in [-0.4, -0.2) is 36.0 Å². The number of fused-ring (bicyclic) bond motifs is 2. The van der Waals surface area contributed by atoms with Gasteiger partial charge in [0.1, 0.15) is 0 Å². The molecule has 19 heavy (non-hydrogen) atoms. The van der Waals surface area contributed by atoms with Crippen molar-refractivity contribution in [2.75, 3.05) is 13.1 Å². The zero-order valence-corrected chi connectivity index (χ0v) is 12.1. The highest BCUT2D eigenvalue weighted by atomic mass is 16.2. The summed E-state index contributed by atoms with van der Waals surface area (Å²) in [6, 6.07) is 1.42. The monoisotopic (exact) mass is 264 g/mol. The van der Waals surface area contributed by atoms with Crippen molar-refractivity contribution in [1.82, 2.24) is 10.2 Å². The van der Waals surface area contributed by atoms with E-state index in [1.165, 1.54) is 57.8 Å². The zero-order chi connectivity index (χ0) is 13.1. The summed E-state index contributed by atoms with van der Waals surface area (Å²) in [7, 11) is 0. The molecular weight excluding hydrogens is 236 g/mol. The number of hydrogen-bond acceptors (Lipinski definition) is 2. The lowest BCUT2D eigenvalue weighted by atomic mass is 9.89. The quantitative estimate of drug-likeness (QED) is 0.831. The number of hydrogen-bond donors (Lipinski definition) is 1. The van der Waals surface area contributed by atoms with Gasteiger partial charge < -0.3 is 10.2 Å². The Morgan fingerprint density at radius 2 is 1.53 bits per heavy atom. The van der Waals surface area contributed by atoms with Crippen LogP contribution in [0.5, 0.6) is 0 Å². The third kappa shape index (κ3) is 3.50. The lowest BCUT2D eigenvalue weighted by Gasteiger charge is -2.31. The Morgan fingerprint density at radius 3 is 2.16 bits per heavy atom. The minimum atomic E-state index is 0.438. The summed E-state index contributed by atoms with van der Waals surface area (Å²) in [5, 5.41) is 3.67. The molecule has 3 saturated heterocycles. The van der Waals surface area contributed by atoms with Gasteiger partial charge in [-0.1, -0.05) is 19.3 Å². The molecule has 0 aliphatic carbocycles. The Kier molecular flexibility index (Phi) is 4.42. The second kappa shape index (κ2) is 6.25. The second-order valence-electron chi connectivity index (χ2n) is 6.83. The predicted molar refractivity (Wildman–Crippen MR) is 77.0 cm³/mol. The van der Waals surface area contributed by atoms with Crippen molar-refractivity contribution >= 4 is 5.91 Å². The van der Waals surface area contributed by atoms with Crippen LogP contribution in [0.15, 0.2) is 0 Å². The third-order valence-corrected chi connectivity index (χ3v) is 5.24. The second-order valence-corrected chi connectivity index (χ2v) is 6.83. The maximum Gasteiger partial charge on any atom is 0.222 e. The largest absolute Gasteiger partial charge is 0.343 e. The summed E-state index contributed by atoms with van der Waals surface area (Å²) in [5.41, 5.74) is 0. The minimum absolute atomic E-state index is 0.438. The molecule has 108 valence electrons. The van der Waals surface area contributed by atoms with E-state index in [2.05, 4.69) is 10.2 Å². The molecule has 0 aromatic heterocycles. The summed E-state index contributed by atoms with van der Waals surface area (Å²) in [6.07, 6.45) is 12.3. The first-order valence-electron chi connectivity index (χ1n) is 8.35. The van der Waals surface area contributed by atoms with E-state index in [0.29, 0.717) is 23.9 Å². The van der Waals surface area contributed by atoms with Crippen LogP contribution in [0.2, 0.25) is 0 Å². The molecule has 2 unspecified atom stereocenters. The summed E-state index contributed by atoms with van der Waals surface area (Å²) in [6.45, 7) is 2.02. The van der Waals surface area contributed by atoms with Crippen LogP contribution >= 0.6 is 0 Å². The van der Waals surface area contributed by atoms with Gasteiger partial charge in [-0.05, 0) is 44.4 Å². The number of likely N-dealkylation sites (tertiary alicyclic amines) is 1. The van der Waals surface area contributed by atoms with E-state index < -0.39 is 0 Å². The fraction of sp³-hybridized carbons (Fsp3) is 0.938. The fourth-order valence-electron chi connectivity index (χ4n) is 4.21. The van der Waals surface area contributed by atoms with Crippen molar-refractivity contribution in [1.29, 1.82) is 0 Å². The molecule has 2 bridgehead atoms. The maximum absolute atomic E-state index is 12.5. The smallest absolute Gasteiger partial charge is 0.222 e. The van der Waals surface area contributed by atoms with Crippen molar-refractivity contribution < 1.29 is 4.79 Å². The molecule has 3 rings (SSSR count). The summed E-state index contributed by atoms with van der Waals surface area (Å²) >= 11 is 0. The van der Waals surface area contributed by atoms with Gasteiger partial charge in [0.05, 0.1) is 0 Å². The number of amides is 1. The lowest BCUT2D eigenvalue weighted by molar-refractivity contribution is -0.132. The molecule has 3 fully saturated rings. The van der Waals surface area contributed by atoms with Crippen molar-refractivity contribution in [3.63, 3.8) is 0 Å². The van der Waals surface area contributed by atoms with E-state index in [1.54, 1.807) is 0 Å². The van der Waals surface area contributed by atoms with Gasteiger partial charge in [0.15, 0.2) is 0 Å². The van der Waals surface area contributed by atoms with Gasteiger partial charge in [-0.25, -0.2) is 0 Å². The number of carbonyl (C=O) groups excluding carboxylic acids is 1. The number of carbonyl (C=O) groups is 1. The van der Waals surface area contributed by atoms with Gasteiger partial charge in [0.2, 0.25) is 5.91 Å². The average molecular weight is 264 g/mol. The van der Waals surface area contributed by atoms with E-state index >= 15 is 0 Å². The first-order chi connectivity index (χ1) is 9.31. The Labute approximate surface area is 117 Å². The number of nitrogens with one attached hydrogen (secondary N) is 1. The molecule has 3 heteroatoms. The van der Waals surface area contributed by atoms with E-state index in [0.717, 1.165) is 19.5 Å². The molecule has 3 aliphatic rings. The molecule has 0 aromatic rings. The lowest BCUT2D eigenvalue weighted by Crippen LogP contribution is -2.41. The minimum Gasteiger partial charge on any atom is -0.343 e. The van der Waals surface area contributed by atoms with Crippen molar-refractivity contribution in [2.24, 2.45) is 5.92 Å². The van der Waals surface area contributed by atoms with Crippen molar-refractivity contribution in [2.45, 2.75) is 76.3 Å². The summed E-state index contributed by atoms with van der Waals surface area (Å²) in [5.74, 6) is 1.09.